The molecule has 0 aromatic carbocycles. The number of hydrogen-bond acceptors (Lipinski definition) is 5. The van der Waals surface area contributed by atoms with E-state index in [1.165, 1.54) is 12.8 Å². The van der Waals surface area contributed by atoms with Gasteiger partial charge in [-0.1, -0.05) is 0 Å². The van der Waals surface area contributed by atoms with Crippen LogP contribution in [0.1, 0.15) is 25.7 Å². The third-order valence-electron chi connectivity index (χ3n) is 5.29. The van der Waals surface area contributed by atoms with Crippen LogP contribution in [0.15, 0.2) is 18.5 Å². The van der Waals surface area contributed by atoms with E-state index in [2.05, 4.69) is 14.9 Å². The third-order valence-corrected chi connectivity index (χ3v) is 5.29. The predicted octanol–water partition coefficient (Wildman–Crippen LogP) is 1.25. The highest BCUT2D eigenvalue weighted by Gasteiger charge is 2.38. The summed E-state index contributed by atoms with van der Waals surface area (Å²) in [6.45, 7) is 4.39. The number of likely N-dealkylation sites (tertiary alicyclic amines) is 1. The first kappa shape index (κ1) is 16.2. The van der Waals surface area contributed by atoms with Gasteiger partial charge >= 0.3 is 0 Å². The van der Waals surface area contributed by atoms with Crippen molar-refractivity contribution in [3.05, 3.63) is 18.5 Å². The Bertz CT molecular complexity index is 515. The number of rotatable bonds is 3. The highest BCUT2D eigenvalue weighted by Crippen LogP contribution is 2.41. The van der Waals surface area contributed by atoms with Crippen molar-refractivity contribution in [3.8, 4) is 0 Å². The Hall–Kier alpha value is -1.69. The Balaban J connectivity index is 1.51. The molecule has 6 heteroatoms. The largest absolute Gasteiger partial charge is 0.342 e. The predicted molar refractivity (Wildman–Crippen MR) is 90.3 cm³/mol. The van der Waals surface area contributed by atoms with E-state index in [1.807, 2.05) is 42.4 Å². The standard InChI is InChI=1S/C17H27N5O/c1-20(2)14-15(23)21-10-4-17(5-11-21)6-12-22(13-7-17)16-18-8-3-9-19-16/h3,8-9H,4-7,10-14H2,1-2H3. The highest BCUT2D eigenvalue weighted by molar-refractivity contribution is 5.78. The molecular formula is C17H27N5O. The van der Waals surface area contributed by atoms with Crippen LogP contribution in [0, 0.1) is 5.41 Å². The number of piperidine rings is 2. The summed E-state index contributed by atoms with van der Waals surface area (Å²) in [4.78, 5) is 27.2. The number of carbonyl (C=O) groups excluding carboxylic acids is 1. The van der Waals surface area contributed by atoms with Crippen LogP contribution in [-0.4, -0.2) is 72.5 Å². The quantitative estimate of drug-likeness (QED) is 0.840. The van der Waals surface area contributed by atoms with Crippen LogP contribution in [-0.2, 0) is 4.79 Å². The van der Waals surface area contributed by atoms with Crippen LogP contribution in [0.2, 0.25) is 0 Å². The molecule has 0 atom stereocenters. The summed E-state index contributed by atoms with van der Waals surface area (Å²) in [5.41, 5.74) is 0.417. The second-order valence-electron chi connectivity index (χ2n) is 7.15. The smallest absolute Gasteiger partial charge is 0.236 e. The average molecular weight is 317 g/mol. The summed E-state index contributed by atoms with van der Waals surface area (Å²) in [5, 5.41) is 0. The van der Waals surface area contributed by atoms with Crippen molar-refractivity contribution in [3.63, 3.8) is 0 Å². The zero-order valence-corrected chi connectivity index (χ0v) is 14.2. The van der Waals surface area contributed by atoms with Crippen LogP contribution in [0.4, 0.5) is 5.95 Å². The van der Waals surface area contributed by atoms with Crippen molar-refractivity contribution in [2.75, 3.05) is 51.7 Å². The summed E-state index contributed by atoms with van der Waals surface area (Å²) in [7, 11) is 3.90. The number of aromatic nitrogens is 2. The molecule has 2 aliphatic heterocycles. The van der Waals surface area contributed by atoms with Gasteiger partial charge in [0, 0.05) is 38.6 Å². The Morgan fingerprint density at radius 2 is 1.65 bits per heavy atom. The molecule has 1 spiro atoms. The molecule has 3 heterocycles. The molecule has 1 aromatic heterocycles. The topological polar surface area (TPSA) is 52.6 Å². The molecule has 3 rings (SSSR count). The Morgan fingerprint density at radius 1 is 1.09 bits per heavy atom. The maximum atomic E-state index is 12.2. The normalized spacial score (nSPS) is 21.0. The van der Waals surface area contributed by atoms with E-state index in [9.17, 15) is 4.79 Å². The first-order chi connectivity index (χ1) is 11.1. The van der Waals surface area contributed by atoms with Crippen molar-refractivity contribution < 1.29 is 4.79 Å². The van der Waals surface area contributed by atoms with Crippen LogP contribution in [0.5, 0.6) is 0 Å². The molecule has 0 bridgehead atoms. The average Bonchev–Trinajstić information content (AvgIpc) is 2.56. The van der Waals surface area contributed by atoms with Crippen molar-refractivity contribution in [2.45, 2.75) is 25.7 Å². The molecule has 23 heavy (non-hydrogen) atoms. The van der Waals surface area contributed by atoms with Crippen molar-refractivity contribution >= 4 is 11.9 Å². The fourth-order valence-corrected chi connectivity index (χ4v) is 3.74. The second kappa shape index (κ2) is 6.83. The maximum Gasteiger partial charge on any atom is 0.236 e. The SMILES string of the molecule is CN(C)CC(=O)N1CCC2(CC1)CCN(c1ncccn1)CC2. The molecule has 2 fully saturated rings. The zero-order valence-electron chi connectivity index (χ0n) is 14.2. The molecule has 0 radical (unpaired) electrons. The van der Waals surface area contributed by atoms with E-state index < -0.39 is 0 Å². The van der Waals surface area contributed by atoms with Crippen molar-refractivity contribution in [1.82, 2.24) is 19.8 Å². The van der Waals surface area contributed by atoms with Gasteiger partial charge in [0.25, 0.3) is 0 Å². The van der Waals surface area contributed by atoms with Crippen LogP contribution < -0.4 is 4.90 Å². The molecule has 6 nitrogen and oxygen atoms in total. The van der Waals surface area contributed by atoms with E-state index in [0.717, 1.165) is 45.0 Å². The zero-order chi connectivity index (χ0) is 16.3. The van der Waals surface area contributed by atoms with Gasteiger partial charge in [-0.3, -0.25) is 4.79 Å². The lowest BCUT2D eigenvalue weighted by Crippen LogP contribution is -2.49. The van der Waals surface area contributed by atoms with Gasteiger partial charge in [0.15, 0.2) is 0 Å². The first-order valence-electron chi connectivity index (χ1n) is 8.52. The van der Waals surface area contributed by atoms with Crippen LogP contribution in [0.3, 0.4) is 0 Å². The lowest BCUT2D eigenvalue weighted by atomic mass is 9.71. The molecular weight excluding hydrogens is 290 g/mol. The minimum Gasteiger partial charge on any atom is -0.342 e. The fourth-order valence-electron chi connectivity index (χ4n) is 3.74. The van der Waals surface area contributed by atoms with Crippen molar-refractivity contribution in [2.24, 2.45) is 5.41 Å². The van der Waals surface area contributed by atoms with Gasteiger partial charge in [-0.05, 0) is 51.3 Å². The Kier molecular flexibility index (Phi) is 4.80. The summed E-state index contributed by atoms with van der Waals surface area (Å²) < 4.78 is 0. The number of amides is 1. The van der Waals surface area contributed by atoms with Gasteiger partial charge in [0.1, 0.15) is 0 Å². The number of nitrogens with zero attached hydrogens (tertiary/aromatic N) is 5. The molecule has 0 N–H and O–H groups in total. The monoisotopic (exact) mass is 317 g/mol. The van der Waals surface area contributed by atoms with E-state index in [-0.39, 0.29) is 5.91 Å². The summed E-state index contributed by atoms with van der Waals surface area (Å²) >= 11 is 0. The highest BCUT2D eigenvalue weighted by atomic mass is 16.2. The summed E-state index contributed by atoms with van der Waals surface area (Å²) in [5.74, 6) is 1.11. The lowest BCUT2D eigenvalue weighted by molar-refractivity contribution is -0.134. The minimum atomic E-state index is 0.264. The number of likely N-dealkylation sites (N-methyl/N-ethyl adjacent to an activating group) is 1. The van der Waals surface area contributed by atoms with E-state index >= 15 is 0 Å². The number of anilines is 1. The Morgan fingerprint density at radius 3 is 2.22 bits per heavy atom. The molecule has 0 aliphatic carbocycles. The van der Waals surface area contributed by atoms with Gasteiger partial charge in [-0.15, -0.1) is 0 Å². The molecule has 126 valence electrons. The van der Waals surface area contributed by atoms with Crippen molar-refractivity contribution in [1.29, 1.82) is 0 Å². The summed E-state index contributed by atoms with van der Waals surface area (Å²) in [6.07, 6.45) is 8.25. The van der Waals surface area contributed by atoms with E-state index in [0.29, 0.717) is 12.0 Å². The van der Waals surface area contributed by atoms with Crippen LogP contribution in [0.25, 0.3) is 0 Å². The van der Waals surface area contributed by atoms with Gasteiger partial charge in [-0.25, -0.2) is 9.97 Å². The second-order valence-corrected chi connectivity index (χ2v) is 7.15. The molecule has 2 saturated heterocycles. The lowest BCUT2D eigenvalue weighted by Gasteiger charge is -2.47. The van der Waals surface area contributed by atoms with E-state index in [1.54, 1.807) is 0 Å². The first-order valence-corrected chi connectivity index (χ1v) is 8.52. The number of carbonyl (C=O) groups is 1. The van der Waals surface area contributed by atoms with Gasteiger partial charge < -0.3 is 14.7 Å². The van der Waals surface area contributed by atoms with E-state index in [4.69, 9.17) is 0 Å². The summed E-state index contributed by atoms with van der Waals surface area (Å²) in [6, 6.07) is 1.86. The number of hydrogen-bond donors (Lipinski definition) is 0. The Labute approximate surface area is 138 Å². The molecule has 2 aliphatic rings. The van der Waals surface area contributed by atoms with Gasteiger partial charge in [0.2, 0.25) is 11.9 Å². The third kappa shape index (κ3) is 3.80. The fraction of sp³-hybridized carbons (Fsp3) is 0.706. The minimum absolute atomic E-state index is 0.264. The maximum absolute atomic E-state index is 12.2. The molecule has 0 unspecified atom stereocenters. The van der Waals surface area contributed by atoms with Gasteiger partial charge in [0.05, 0.1) is 6.54 Å². The van der Waals surface area contributed by atoms with Gasteiger partial charge in [-0.2, -0.15) is 0 Å². The van der Waals surface area contributed by atoms with Crippen LogP contribution >= 0.6 is 0 Å². The molecule has 1 aromatic rings. The molecule has 0 saturated carbocycles. The molecule has 1 amide bonds.